The van der Waals surface area contributed by atoms with Gasteiger partial charge in [-0.2, -0.15) is 0 Å². The molecule has 1 heterocycles. The number of aliphatic hydroxyl groups is 1. The van der Waals surface area contributed by atoms with Crippen molar-refractivity contribution in [2.75, 3.05) is 13.6 Å². The lowest BCUT2D eigenvalue weighted by Crippen LogP contribution is -2.83. The quantitative estimate of drug-likeness (QED) is 0.537. The summed E-state index contributed by atoms with van der Waals surface area (Å²) in [5.74, 6) is 0.163. The molecule has 1 aliphatic heterocycles. The second-order valence-electron chi connectivity index (χ2n) is 8.67. The fourth-order valence-corrected chi connectivity index (χ4v) is 11.4. The fraction of sp³-hybridized carbons (Fsp3) is 0.308. The van der Waals surface area contributed by atoms with Crippen LogP contribution < -0.4 is 15.6 Å². The Balaban J connectivity index is 2.09. The number of hydrogen-bond acceptors (Lipinski definition) is 2. The van der Waals surface area contributed by atoms with Gasteiger partial charge in [-0.05, 0) is 41.9 Å². The van der Waals surface area contributed by atoms with Gasteiger partial charge >= 0.3 is 0 Å². The predicted molar refractivity (Wildman–Crippen MR) is 125 cm³/mol. The molecule has 1 saturated heterocycles. The highest BCUT2D eigenvalue weighted by molar-refractivity contribution is 7.13. The van der Waals surface area contributed by atoms with Crippen LogP contribution >= 0.6 is 0 Å². The first-order valence-electron chi connectivity index (χ1n) is 10.6. The molecule has 3 atom stereocenters. The normalized spacial score (nSPS) is 25.7. The van der Waals surface area contributed by atoms with Crippen molar-refractivity contribution >= 4 is 23.6 Å². The minimum Gasteiger partial charge on any atom is -0.392 e. The Morgan fingerprint density at radius 2 is 1.14 bits per heavy atom. The molecule has 1 N–H and O–H groups in total. The monoisotopic (exact) mass is 401 g/mol. The molecule has 4 rings (SSSR count). The summed E-state index contributed by atoms with van der Waals surface area (Å²) in [4.78, 5) is 2.39. The Morgan fingerprint density at radius 3 is 1.52 bits per heavy atom. The van der Waals surface area contributed by atoms with Gasteiger partial charge in [-0.25, -0.2) is 0 Å². The van der Waals surface area contributed by atoms with E-state index in [1.807, 2.05) is 0 Å². The van der Waals surface area contributed by atoms with E-state index in [2.05, 4.69) is 117 Å². The van der Waals surface area contributed by atoms with Crippen LogP contribution in [0.2, 0.25) is 0 Å². The predicted octanol–water partition coefficient (Wildman–Crippen LogP) is 2.79. The van der Waals surface area contributed by atoms with Crippen LogP contribution in [0.5, 0.6) is 0 Å². The van der Waals surface area contributed by atoms with Gasteiger partial charge in [-0.3, -0.25) is 0 Å². The van der Waals surface area contributed by atoms with Crippen LogP contribution in [0.15, 0.2) is 91.0 Å². The molecule has 1 aliphatic rings. The molecular formula is C26H31NOSi. The fourth-order valence-electron chi connectivity index (χ4n) is 5.41. The zero-order valence-corrected chi connectivity index (χ0v) is 18.6. The van der Waals surface area contributed by atoms with E-state index in [1.165, 1.54) is 15.6 Å². The standard InChI is InChI=1S/C26H31NOSi/c1-21-20-27(3)22(2)19-26(21,28)29(23-13-7-4-8-14-23,24-15-9-5-10-16-24)25-17-11-6-12-18-25/h4-18,21-22,28H,19-20H2,1-3H3/t21-,22+,26-/m0/s1. The lowest BCUT2D eigenvalue weighted by molar-refractivity contribution is -0.0219. The van der Waals surface area contributed by atoms with E-state index in [0.717, 1.165) is 13.0 Å². The topological polar surface area (TPSA) is 23.5 Å². The number of piperidine rings is 1. The molecule has 0 spiro atoms. The molecule has 0 aromatic heterocycles. The number of nitrogens with zero attached hydrogens (tertiary/aromatic N) is 1. The third kappa shape index (κ3) is 3.18. The number of likely N-dealkylation sites (tertiary alicyclic amines) is 1. The molecule has 0 unspecified atom stereocenters. The van der Waals surface area contributed by atoms with Crippen molar-refractivity contribution in [3.8, 4) is 0 Å². The molecule has 3 aromatic rings. The summed E-state index contributed by atoms with van der Waals surface area (Å²) in [5, 5.41) is 15.8. The van der Waals surface area contributed by atoms with Gasteiger partial charge in [0.05, 0.1) is 5.22 Å². The third-order valence-electron chi connectivity index (χ3n) is 7.01. The van der Waals surface area contributed by atoms with Crippen LogP contribution in [0.3, 0.4) is 0 Å². The van der Waals surface area contributed by atoms with Crippen molar-refractivity contribution in [1.82, 2.24) is 4.90 Å². The van der Waals surface area contributed by atoms with E-state index in [9.17, 15) is 5.11 Å². The minimum absolute atomic E-state index is 0.163. The van der Waals surface area contributed by atoms with Gasteiger partial charge in [0.2, 0.25) is 0 Å². The number of rotatable bonds is 4. The Morgan fingerprint density at radius 1 is 0.759 bits per heavy atom. The third-order valence-corrected chi connectivity index (χ3v) is 12.6. The van der Waals surface area contributed by atoms with Gasteiger partial charge in [0.1, 0.15) is 0 Å². The second kappa shape index (κ2) is 7.90. The molecular weight excluding hydrogens is 370 g/mol. The summed E-state index contributed by atoms with van der Waals surface area (Å²) >= 11 is 0. The van der Waals surface area contributed by atoms with Crippen molar-refractivity contribution in [3.05, 3.63) is 91.0 Å². The summed E-state index contributed by atoms with van der Waals surface area (Å²) in [7, 11) is -0.575. The molecule has 1 fully saturated rings. The average Bonchev–Trinajstić information content (AvgIpc) is 2.75. The molecule has 2 nitrogen and oxygen atoms in total. The molecule has 0 amide bonds. The first-order valence-corrected chi connectivity index (χ1v) is 12.6. The Bertz CT molecular complexity index is 834. The van der Waals surface area contributed by atoms with Crippen LogP contribution in [-0.2, 0) is 0 Å². The smallest absolute Gasteiger partial charge is 0.183 e. The van der Waals surface area contributed by atoms with E-state index in [4.69, 9.17) is 0 Å². The van der Waals surface area contributed by atoms with Crippen LogP contribution in [-0.4, -0.2) is 42.9 Å². The van der Waals surface area contributed by atoms with Crippen molar-refractivity contribution in [3.63, 3.8) is 0 Å². The molecule has 0 aliphatic carbocycles. The lowest BCUT2D eigenvalue weighted by Gasteiger charge is -2.55. The first-order chi connectivity index (χ1) is 14.0. The summed E-state index contributed by atoms with van der Waals surface area (Å²) in [6.07, 6.45) is 0.773. The van der Waals surface area contributed by atoms with Gasteiger partial charge in [-0.15, -0.1) is 0 Å². The van der Waals surface area contributed by atoms with E-state index < -0.39 is 13.3 Å². The van der Waals surface area contributed by atoms with Crippen LogP contribution in [0.1, 0.15) is 20.3 Å². The van der Waals surface area contributed by atoms with Crippen molar-refractivity contribution in [1.29, 1.82) is 0 Å². The van der Waals surface area contributed by atoms with E-state index in [-0.39, 0.29) is 5.92 Å². The molecule has 3 heteroatoms. The highest BCUT2D eigenvalue weighted by Crippen LogP contribution is 2.38. The molecule has 0 bridgehead atoms. The second-order valence-corrected chi connectivity index (χ2v) is 12.8. The van der Waals surface area contributed by atoms with Crippen LogP contribution in [0.4, 0.5) is 0 Å². The van der Waals surface area contributed by atoms with E-state index >= 15 is 0 Å². The lowest BCUT2D eigenvalue weighted by atomic mass is 9.91. The van der Waals surface area contributed by atoms with Crippen molar-refractivity contribution < 1.29 is 5.11 Å². The Labute approximate surface area is 175 Å². The maximum Gasteiger partial charge on any atom is 0.183 e. The molecule has 29 heavy (non-hydrogen) atoms. The van der Waals surface area contributed by atoms with Gasteiger partial charge in [0.15, 0.2) is 8.07 Å². The van der Waals surface area contributed by atoms with Gasteiger partial charge in [-0.1, -0.05) is 97.9 Å². The summed E-state index contributed by atoms with van der Waals surface area (Å²) in [5.41, 5.74) is 0. The molecule has 0 radical (unpaired) electrons. The zero-order valence-electron chi connectivity index (χ0n) is 17.6. The van der Waals surface area contributed by atoms with Crippen molar-refractivity contribution in [2.45, 2.75) is 31.5 Å². The van der Waals surface area contributed by atoms with Gasteiger partial charge < -0.3 is 10.0 Å². The summed E-state index contributed by atoms with van der Waals surface area (Å²) in [6, 6.07) is 32.7. The SMILES string of the molecule is C[C@@H]1C[C@](O)([Si](c2ccccc2)(c2ccccc2)c2ccccc2)[C@@H](C)CN1C. The highest BCUT2D eigenvalue weighted by atomic mass is 28.3. The highest BCUT2D eigenvalue weighted by Gasteiger charge is 2.60. The van der Waals surface area contributed by atoms with Crippen LogP contribution in [0.25, 0.3) is 0 Å². The molecule has 0 saturated carbocycles. The molecule has 3 aromatic carbocycles. The van der Waals surface area contributed by atoms with E-state index in [0.29, 0.717) is 6.04 Å². The van der Waals surface area contributed by atoms with Crippen LogP contribution in [0, 0.1) is 5.92 Å². The maximum absolute atomic E-state index is 12.7. The average molecular weight is 402 g/mol. The summed E-state index contributed by atoms with van der Waals surface area (Å²) in [6.45, 7) is 5.38. The number of benzene rings is 3. The number of hydrogen-bond donors (Lipinski definition) is 1. The first kappa shape index (κ1) is 20.1. The van der Waals surface area contributed by atoms with Gasteiger partial charge in [0, 0.05) is 12.6 Å². The largest absolute Gasteiger partial charge is 0.392 e. The van der Waals surface area contributed by atoms with E-state index in [1.54, 1.807) is 0 Å². The summed E-state index contributed by atoms with van der Waals surface area (Å²) < 4.78 is 0. The Hall–Kier alpha value is -2.20. The molecule has 150 valence electrons. The van der Waals surface area contributed by atoms with Crippen molar-refractivity contribution in [2.24, 2.45) is 5.92 Å². The Kier molecular flexibility index (Phi) is 5.47. The minimum atomic E-state index is -2.75. The maximum atomic E-state index is 12.7. The van der Waals surface area contributed by atoms with Gasteiger partial charge in [0.25, 0.3) is 0 Å². The zero-order chi connectivity index (χ0) is 20.5.